The Balaban J connectivity index is 2.36. The van der Waals surface area contributed by atoms with Crippen LogP contribution in [0.5, 0.6) is 0 Å². The van der Waals surface area contributed by atoms with Gasteiger partial charge in [-0.15, -0.1) is 5.10 Å². The number of aromatic nitrogens is 3. The van der Waals surface area contributed by atoms with Gasteiger partial charge >= 0.3 is 0 Å². The first-order valence-corrected chi connectivity index (χ1v) is 3.75. The van der Waals surface area contributed by atoms with Gasteiger partial charge in [0.1, 0.15) is 12.9 Å². The van der Waals surface area contributed by atoms with Crippen molar-refractivity contribution in [1.29, 1.82) is 0 Å². The van der Waals surface area contributed by atoms with E-state index in [2.05, 4.69) is 15.4 Å². The highest BCUT2D eigenvalue weighted by Crippen LogP contribution is 1.88. The van der Waals surface area contributed by atoms with E-state index in [1.54, 1.807) is 0 Å². The second-order valence-corrected chi connectivity index (χ2v) is 2.37. The number of rotatable bonds is 4. The molecule has 0 aliphatic rings. The highest BCUT2D eigenvalue weighted by molar-refractivity contribution is 5.75. The van der Waals surface area contributed by atoms with Crippen LogP contribution in [0.2, 0.25) is 0 Å². The quantitative estimate of drug-likeness (QED) is 0.501. The van der Waals surface area contributed by atoms with Crippen molar-refractivity contribution < 1.29 is 9.90 Å². The van der Waals surface area contributed by atoms with Gasteiger partial charge in [-0.1, -0.05) is 0 Å². The zero-order valence-corrected chi connectivity index (χ0v) is 6.97. The van der Waals surface area contributed by atoms with E-state index in [-0.39, 0.29) is 31.6 Å². The van der Waals surface area contributed by atoms with Crippen molar-refractivity contribution in [2.75, 3.05) is 18.9 Å². The molecule has 1 aromatic rings. The largest absolute Gasteiger partial charge is 0.395 e. The third-order valence-electron chi connectivity index (χ3n) is 1.29. The molecule has 72 valence electrons. The highest BCUT2D eigenvalue weighted by atomic mass is 16.3. The number of hydrogen-bond donors (Lipinski definition) is 3. The number of carbonyl (C=O) groups excluding carboxylic acids is 1. The first kappa shape index (κ1) is 9.46. The van der Waals surface area contributed by atoms with Crippen LogP contribution in [0.15, 0.2) is 6.33 Å². The summed E-state index contributed by atoms with van der Waals surface area (Å²) in [5.74, 6) is -0.103. The zero-order valence-electron chi connectivity index (χ0n) is 6.97. The number of nitrogens with one attached hydrogen (secondary N) is 1. The van der Waals surface area contributed by atoms with Crippen LogP contribution in [-0.2, 0) is 11.3 Å². The molecular weight excluding hydrogens is 174 g/mol. The molecule has 0 aromatic carbocycles. The van der Waals surface area contributed by atoms with Gasteiger partial charge in [-0.3, -0.25) is 4.79 Å². The number of anilines is 1. The molecular formula is C6H11N5O2. The average molecular weight is 185 g/mol. The Morgan fingerprint density at radius 2 is 2.54 bits per heavy atom. The lowest BCUT2D eigenvalue weighted by molar-refractivity contribution is -0.122. The topological polar surface area (TPSA) is 106 Å². The number of nitrogen functional groups attached to an aromatic ring is 1. The summed E-state index contributed by atoms with van der Waals surface area (Å²) in [5, 5.41) is 14.6. The Bertz CT molecular complexity index is 284. The fraction of sp³-hybridized carbons (Fsp3) is 0.500. The minimum absolute atomic E-state index is 0.0597. The van der Waals surface area contributed by atoms with Crippen LogP contribution in [0.25, 0.3) is 0 Å². The summed E-state index contributed by atoms with van der Waals surface area (Å²) < 4.78 is 1.32. The molecule has 7 heteroatoms. The van der Waals surface area contributed by atoms with Gasteiger partial charge in [-0.05, 0) is 0 Å². The van der Waals surface area contributed by atoms with E-state index in [4.69, 9.17) is 10.8 Å². The molecule has 1 amide bonds. The molecule has 0 unspecified atom stereocenters. The molecule has 0 spiro atoms. The van der Waals surface area contributed by atoms with Gasteiger partial charge < -0.3 is 16.2 Å². The Kier molecular flexibility index (Phi) is 3.21. The fourth-order valence-corrected chi connectivity index (χ4v) is 0.784. The molecule has 13 heavy (non-hydrogen) atoms. The number of aliphatic hydroxyl groups is 1. The Labute approximate surface area is 74.6 Å². The molecule has 1 heterocycles. The van der Waals surface area contributed by atoms with Crippen molar-refractivity contribution in [3.8, 4) is 0 Å². The predicted molar refractivity (Wildman–Crippen MR) is 44.5 cm³/mol. The normalized spacial score (nSPS) is 9.92. The molecule has 0 radical (unpaired) electrons. The smallest absolute Gasteiger partial charge is 0.241 e. The van der Waals surface area contributed by atoms with Crippen LogP contribution < -0.4 is 11.1 Å². The van der Waals surface area contributed by atoms with Gasteiger partial charge in [-0.25, -0.2) is 9.67 Å². The molecule has 0 aliphatic carbocycles. The SMILES string of the molecule is Nc1ncn(CC(=O)NCCO)n1. The van der Waals surface area contributed by atoms with Crippen LogP contribution in [0, 0.1) is 0 Å². The van der Waals surface area contributed by atoms with E-state index in [0.717, 1.165) is 0 Å². The zero-order chi connectivity index (χ0) is 9.68. The Morgan fingerprint density at radius 3 is 3.08 bits per heavy atom. The molecule has 7 nitrogen and oxygen atoms in total. The first-order chi connectivity index (χ1) is 6.22. The van der Waals surface area contributed by atoms with Crippen molar-refractivity contribution >= 4 is 11.9 Å². The van der Waals surface area contributed by atoms with Crippen molar-refractivity contribution in [1.82, 2.24) is 20.1 Å². The minimum Gasteiger partial charge on any atom is -0.395 e. The van der Waals surface area contributed by atoms with Crippen LogP contribution in [0.1, 0.15) is 0 Å². The van der Waals surface area contributed by atoms with Gasteiger partial charge in [0.15, 0.2) is 0 Å². The summed E-state index contributed by atoms with van der Waals surface area (Å²) in [5.41, 5.74) is 5.24. The van der Waals surface area contributed by atoms with E-state index in [1.165, 1.54) is 11.0 Å². The highest BCUT2D eigenvalue weighted by Gasteiger charge is 2.02. The van der Waals surface area contributed by atoms with Crippen molar-refractivity contribution in [2.45, 2.75) is 6.54 Å². The molecule has 0 fully saturated rings. The number of carbonyl (C=O) groups is 1. The molecule has 0 atom stereocenters. The number of nitrogens with zero attached hydrogens (tertiary/aromatic N) is 3. The van der Waals surface area contributed by atoms with Crippen LogP contribution in [-0.4, -0.2) is 38.9 Å². The number of nitrogens with two attached hydrogens (primary N) is 1. The lowest BCUT2D eigenvalue weighted by atomic mass is 10.5. The second-order valence-electron chi connectivity index (χ2n) is 2.37. The average Bonchev–Trinajstić information content (AvgIpc) is 2.48. The third-order valence-corrected chi connectivity index (χ3v) is 1.29. The van der Waals surface area contributed by atoms with E-state index >= 15 is 0 Å². The third kappa shape index (κ3) is 3.08. The summed E-state index contributed by atoms with van der Waals surface area (Å²) in [4.78, 5) is 14.7. The lowest BCUT2D eigenvalue weighted by Gasteiger charge is -2.01. The molecule has 0 aliphatic heterocycles. The van der Waals surface area contributed by atoms with Crippen LogP contribution in [0.3, 0.4) is 0 Å². The summed E-state index contributed by atoms with van der Waals surface area (Å²) in [6.07, 6.45) is 1.37. The van der Waals surface area contributed by atoms with Crippen molar-refractivity contribution in [3.63, 3.8) is 0 Å². The molecule has 0 saturated heterocycles. The maximum absolute atomic E-state index is 11.0. The second kappa shape index (κ2) is 4.41. The fourth-order valence-electron chi connectivity index (χ4n) is 0.784. The van der Waals surface area contributed by atoms with Crippen LogP contribution >= 0.6 is 0 Å². The van der Waals surface area contributed by atoms with Crippen LogP contribution in [0.4, 0.5) is 5.95 Å². The van der Waals surface area contributed by atoms with E-state index in [0.29, 0.717) is 0 Å². The summed E-state index contributed by atoms with van der Waals surface area (Å²) in [7, 11) is 0. The molecule has 1 rings (SSSR count). The van der Waals surface area contributed by atoms with E-state index in [1.807, 2.05) is 0 Å². The molecule has 0 bridgehead atoms. The Hall–Kier alpha value is -1.63. The lowest BCUT2D eigenvalue weighted by Crippen LogP contribution is -2.30. The predicted octanol–water partition coefficient (Wildman–Crippen LogP) is -2.03. The van der Waals surface area contributed by atoms with Gasteiger partial charge in [0, 0.05) is 6.54 Å². The molecule has 1 aromatic heterocycles. The van der Waals surface area contributed by atoms with Gasteiger partial charge in [0.2, 0.25) is 11.9 Å². The number of amides is 1. The maximum Gasteiger partial charge on any atom is 0.241 e. The molecule has 4 N–H and O–H groups in total. The number of aliphatic hydroxyl groups excluding tert-OH is 1. The summed E-state index contributed by atoms with van der Waals surface area (Å²) >= 11 is 0. The number of hydrogen-bond acceptors (Lipinski definition) is 5. The van der Waals surface area contributed by atoms with E-state index < -0.39 is 0 Å². The van der Waals surface area contributed by atoms with Gasteiger partial charge in [0.05, 0.1) is 6.61 Å². The van der Waals surface area contributed by atoms with Crippen molar-refractivity contribution in [3.05, 3.63) is 6.33 Å². The van der Waals surface area contributed by atoms with Gasteiger partial charge in [0.25, 0.3) is 0 Å². The van der Waals surface area contributed by atoms with Crippen molar-refractivity contribution in [2.24, 2.45) is 0 Å². The standard InChI is InChI=1S/C6H11N5O2/c7-6-9-4-11(10-6)3-5(13)8-1-2-12/h4,12H,1-3H2,(H2,7,10)(H,8,13). The molecule has 0 saturated carbocycles. The monoisotopic (exact) mass is 185 g/mol. The van der Waals surface area contributed by atoms with Gasteiger partial charge in [-0.2, -0.15) is 0 Å². The summed E-state index contributed by atoms with van der Waals surface area (Å²) in [6.45, 7) is 0.221. The maximum atomic E-state index is 11.0. The van der Waals surface area contributed by atoms with E-state index in [9.17, 15) is 4.79 Å². The first-order valence-electron chi connectivity index (χ1n) is 3.75. The summed E-state index contributed by atoms with van der Waals surface area (Å²) in [6, 6.07) is 0. The Morgan fingerprint density at radius 1 is 1.77 bits per heavy atom. The minimum atomic E-state index is -0.237.